The van der Waals surface area contributed by atoms with Gasteiger partial charge >= 0.3 is 32.7 Å². The number of carbonyl (C=O) groups is 2. The first-order valence-electron chi connectivity index (χ1n) is 26.4. The predicted octanol–water partition coefficient (Wildman–Crippen LogP) is -9.60. The van der Waals surface area contributed by atoms with Gasteiger partial charge in [-0.25, -0.2) is 18.0 Å². The summed E-state index contributed by atoms with van der Waals surface area (Å²) in [6.45, 7) is -4.67. The molecule has 84 heavy (non-hydrogen) atoms. The normalized spacial score (nSPS) is 43.3. The van der Waals surface area contributed by atoms with Crippen molar-refractivity contribution in [2.24, 2.45) is 29.6 Å². The van der Waals surface area contributed by atoms with E-state index in [1.54, 1.807) is 0 Å². The van der Waals surface area contributed by atoms with Crippen molar-refractivity contribution in [3.8, 4) is 0 Å². The summed E-state index contributed by atoms with van der Waals surface area (Å²) in [7, 11) is -10.3. The molecule has 6 aliphatic heterocycles. The number of hydrogen-bond acceptors (Lipinski definition) is 32. The highest BCUT2D eigenvalue weighted by atomic mass is 32.3. The quantitative estimate of drug-likeness (QED) is 0.0324. The lowest BCUT2D eigenvalue weighted by Gasteiger charge is -2.45. The molecular weight excluding hydrogens is 1190 g/mol. The third-order valence-electron chi connectivity index (χ3n) is 15.5. The Morgan fingerprint density at radius 3 is 1.30 bits per heavy atom. The fraction of sp³-hybridized carbons (Fsp3) is 0.913. The zero-order chi connectivity index (χ0) is 62.3. The van der Waals surface area contributed by atoms with E-state index in [4.69, 9.17) is 56.7 Å². The number of aliphatic hydroxyl groups excluding tert-OH is 13. The van der Waals surface area contributed by atoms with Gasteiger partial charge in [0.05, 0.1) is 116 Å². The van der Waals surface area contributed by atoms with Crippen molar-refractivity contribution in [1.82, 2.24) is 0 Å². The molecule has 0 aliphatic carbocycles. The van der Waals surface area contributed by atoms with E-state index in [0.717, 1.165) is 6.08 Å². The van der Waals surface area contributed by atoms with E-state index >= 15 is 0 Å². The fourth-order valence-electron chi connectivity index (χ4n) is 10.9. The van der Waals surface area contributed by atoms with Crippen LogP contribution in [-0.2, 0) is 90.9 Å². The summed E-state index contributed by atoms with van der Waals surface area (Å²) in [6.07, 6.45) is -36.6. The van der Waals surface area contributed by atoms with Crippen LogP contribution in [0.1, 0.15) is 13.8 Å². The molecule has 18 unspecified atom stereocenters. The monoisotopic (exact) mass is 1270 g/mol. The molecule has 5 fully saturated rings. The molecule has 0 aromatic rings. The van der Waals surface area contributed by atoms with Gasteiger partial charge in [-0.2, -0.15) is 16.8 Å². The summed E-state index contributed by atoms with van der Waals surface area (Å²) in [6, 6.07) is 0. The van der Waals surface area contributed by atoms with Gasteiger partial charge in [0.25, 0.3) is 0 Å². The smallest absolute Gasteiger partial charge is 0.397 e. The Bertz CT molecular complexity index is 2350. The van der Waals surface area contributed by atoms with Crippen LogP contribution in [0, 0.1) is 29.6 Å². The molecular formula is C46H76O36S2. The number of hydrogen-bond donors (Lipinski definition) is 17. The number of ether oxygens (including phenoxy) is 11. The summed E-state index contributed by atoms with van der Waals surface area (Å²) in [5, 5.41) is 159. The summed E-state index contributed by atoms with van der Waals surface area (Å²) in [5.41, 5.74) is 0. The Balaban J connectivity index is 1.10. The van der Waals surface area contributed by atoms with Crippen LogP contribution in [0.5, 0.6) is 0 Å². The highest BCUT2D eigenvalue weighted by Gasteiger charge is 2.52. The molecule has 0 radical (unpaired) electrons. The highest BCUT2D eigenvalue weighted by molar-refractivity contribution is 7.81. The zero-order valence-electron chi connectivity index (χ0n) is 44.9. The summed E-state index contributed by atoms with van der Waals surface area (Å²) in [5.74, 6) is -10.1. The zero-order valence-corrected chi connectivity index (χ0v) is 46.5. The standard InChI is InChI=1S/C46H76O36S2/c1-16-32(50)42(81-83(64,65)66)39(57)30(75-16)14-71-7-19-18(6-70-12-28-37(55)23(49)3-24(77-28)44(59)60)27(78-25(4-47)34(19)52)11-74-10-22-36(54)38(56)29(79-41(22)45(61)62)13-73-9-21-20(35(53)26(5-48)80-46(21)63)8-72-15-31-40(58)43(82-84(67,68)69)33(51)17(2)76-31/h3,16-23,25-43,46-58,63H,4-15H2,1-2H3,(H,59,60)(H,61,62)(H,64,65,66)(H,67,68,69)/t16?,17?,18?,19?,20?,21?,22-,23?,25?,26?,27+,28+,29+,30+,31+,32+,33+,34-,35-,36?,37?,38?,39?,40?,41?,42?,43?,46?/m1/s1. The molecule has 36 nitrogen and oxygen atoms in total. The molecule has 28 atom stereocenters. The van der Waals surface area contributed by atoms with E-state index in [0.29, 0.717) is 0 Å². The van der Waals surface area contributed by atoms with Gasteiger partial charge in [0.2, 0.25) is 5.76 Å². The van der Waals surface area contributed by atoms with Crippen LogP contribution >= 0.6 is 0 Å². The third kappa shape index (κ3) is 17.8. The number of rotatable bonds is 28. The Hall–Kier alpha value is -2.70. The van der Waals surface area contributed by atoms with Crippen molar-refractivity contribution in [1.29, 1.82) is 0 Å². The number of aliphatic carboxylic acids is 2. The molecule has 17 N–H and O–H groups in total. The van der Waals surface area contributed by atoms with Crippen LogP contribution in [0.3, 0.4) is 0 Å². The Morgan fingerprint density at radius 2 is 0.845 bits per heavy atom. The maximum absolute atomic E-state index is 12.7. The molecule has 0 amide bonds. The van der Waals surface area contributed by atoms with E-state index in [2.05, 4.69) is 8.37 Å². The molecule has 0 bridgehead atoms. The van der Waals surface area contributed by atoms with Crippen molar-refractivity contribution in [3.05, 3.63) is 11.8 Å². The lowest BCUT2D eigenvalue weighted by molar-refractivity contribution is -0.275. The molecule has 6 rings (SSSR count). The molecule has 38 heteroatoms. The number of carboxylic acids is 2. The molecule has 0 saturated carbocycles. The van der Waals surface area contributed by atoms with Gasteiger partial charge in [-0.3, -0.25) is 9.11 Å². The SMILES string of the molecule is CC1O[C@@H](COCC2C(COC[C@@H]3OC(C(=O)O)[C@H](COC[C@@H]4OC(CO)[C@H](O)C(COC[C@@H]5OC(C)[C@H](O)C(OS(=O)(=O)O)C5O)C4COC[C@@H]4OC(C(=O)O)=CC(O)C4O)C(O)C3O)C(O)OC(CO)[C@@H]2O)C(O)C(OS(=O)(=O)O)[C@H]1O. The van der Waals surface area contributed by atoms with E-state index < -0.39 is 288 Å². The first kappa shape index (κ1) is 70.4. The van der Waals surface area contributed by atoms with Gasteiger partial charge in [-0.15, -0.1) is 0 Å². The van der Waals surface area contributed by atoms with E-state index in [9.17, 15) is 108 Å². The average Bonchev–Trinajstić information content (AvgIpc) is 2.82. The van der Waals surface area contributed by atoms with Crippen molar-refractivity contribution >= 4 is 32.7 Å². The molecule has 0 aromatic heterocycles. The summed E-state index contributed by atoms with van der Waals surface area (Å²) in [4.78, 5) is 24.4. The summed E-state index contributed by atoms with van der Waals surface area (Å²) < 4.78 is 136. The molecule has 6 aliphatic rings. The van der Waals surface area contributed by atoms with Crippen LogP contribution in [0.25, 0.3) is 0 Å². The van der Waals surface area contributed by atoms with Crippen LogP contribution in [0.15, 0.2) is 11.8 Å². The minimum absolute atomic E-state index is 0.482. The Labute approximate surface area is 479 Å². The summed E-state index contributed by atoms with van der Waals surface area (Å²) >= 11 is 0. The van der Waals surface area contributed by atoms with Crippen LogP contribution in [0.4, 0.5) is 0 Å². The van der Waals surface area contributed by atoms with E-state index in [-0.39, 0.29) is 0 Å². The lowest BCUT2D eigenvalue weighted by Crippen LogP contribution is -2.60. The van der Waals surface area contributed by atoms with Gasteiger partial charge < -0.3 is 129 Å². The van der Waals surface area contributed by atoms with Crippen LogP contribution in [-0.4, -0.2) is 334 Å². The van der Waals surface area contributed by atoms with Crippen molar-refractivity contribution < 1.29 is 173 Å². The maximum Gasteiger partial charge on any atom is 0.397 e. The van der Waals surface area contributed by atoms with Gasteiger partial charge in [-0.05, 0) is 19.9 Å². The first-order chi connectivity index (χ1) is 39.4. The maximum atomic E-state index is 12.7. The van der Waals surface area contributed by atoms with Crippen molar-refractivity contribution in [3.63, 3.8) is 0 Å². The highest BCUT2D eigenvalue weighted by Crippen LogP contribution is 2.37. The Kier molecular flexibility index (Phi) is 25.7. The second-order valence-corrected chi connectivity index (χ2v) is 23.3. The number of carboxylic acid groups (broad SMARTS) is 2. The molecule has 6 heterocycles. The van der Waals surface area contributed by atoms with Gasteiger partial charge in [0, 0.05) is 29.6 Å². The van der Waals surface area contributed by atoms with Gasteiger partial charge in [-0.1, -0.05) is 0 Å². The molecule has 0 aromatic carbocycles. The van der Waals surface area contributed by atoms with E-state index in [1.807, 2.05) is 0 Å². The minimum atomic E-state index is -5.19. The van der Waals surface area contributed by atoms with Gasteiger partial charge in [0.15, 0.2) is 18.5 Å². The molecule has 5 saturated heterocycles. The first-order valence-corrected chi connectivity index (χ1v) is 29.1. The van der Waals surface area contributed by atoms with Crippen LogP contribution in [0.2, 0.25) is 0 Å². The Morgan fingerprint density at radius 1 is 0.440 bits per heavy atom. The van der Waals surface area contributed by atoms with E-state index in [1.165, 1.54) is 13.8 Å². The third-order valence-corrected chi connectivity index (χ3v) is 16.5. The minimum Gasteiger partial charge on any atom is -0.479 e. The van der Waals surface area contributed by atoms with Crippen molar-refractivity contribution in [2.45, 2.75) is 154 Å². The predicted molar refractivity (Wildman–Crippen MR) is 264 cm³/mol. The van der Waals surface area contributed by atoms with Crippen molar-refractivity contribution in [2.75, 3.05) is 79.3 Å². The fourth-order valence-corrected chi connectivity index (χ4v) is 11.9. The largest absolute Gasteiger partial charge is 0.479 e. The lowest BCUT2D eigenvalue weighted by atomic mass is 9.79. The topological polar surface area (TPSA) is 566 Å². The average molecular weight is 1270 g/mol. The second-order valence-electron chi connectivity index (χ2n) is 21.2. The second kappa shape index (κ2) is 30.7. The van der Waals surface area contributed by atoms with Gasteiger partial charge in [0.1, 0.15) is 85.5 Å². The van der Waals surface area contributed by atoms with Crippen LogP contribution < -0.4 is 0 Å². The number of aliphatic hydroxyl groups is 13. The molecule has 0 spiro atoms. The molecule has 488 valence electrons.